The van der Waals surface area contributed by atoms with Gasteiger partial charge < -0.3 is 10.6 Å². The fraction of sp³-hybridized carbons (Fsp3) is 0.545. The molecule has 1 aromatic rings. The SMILES string of the molecule is CNc1ccc([N+](=O)[O-])c(NCC(C)(C)S(C)(=O)=O)n1. The molecule has 1 heterocycles. The van der Waals surface area contributed by atoms with Crippen molar-refractivity contribution < 1.29 is 13.3 Å². The zero-order valence-electron chi connectivity index (χ0n) is 11.8. The summed E-state index contributed by atoms with van der Waals surface area (Å²) in [6.07, 6.45) is 1.13. The maximum Gasteiger partial charge on any atom is 0.311 e. The molecule has 0 aromatic carbocycles. The fourth-order valence-electron chi connectivity index (χ4n) is 1.30. The standard InChI is InChI=1S/C11H18N4O4S/c1-11(2,20(4,18)19)7-13-10-8(15(16)17)5-6-9(12-3)14-10/h5-6H,7H2,1-4H3,(H2,12,13,14). The quantitative estimate of drug-likeness (QED) is 0.600. The van der Waals surface area contributed by atoms with E-state index in [9.17, 15) is 18.5 Å². The molecule has 0 radical (unpaired) electrons. The summed E-state index contributed by atoms with van der Waals surface area (Å²) in [7, 11) is -1.66. The third-order valence-corrected chi connectivity index (χ3v) is 5.16. The summed E-state index contributed by atoms with van der Waals surface area (Å²) < 4.78 is 22.2. The monoisotopic (exact) mass is 302 g/mol. The van der Waals surface area contributed by atoms with Crippen LogP contribution in [0, 0.1) is 10.1 Å². The van der Waals surface area contributed by atoms with Crippen molar-refractivity contribution in [1.29, 1.82) is 0 Å². The highest BCUT2D eigenvalue weighted by atomic mass is 32.2. The van der Waals surface area contributed by atoms with E-state index >= 15 is 0 Å². The lowest BCUT2D eigenvalue weighted by Crippen LogP contribution is -2.38. The third-order valence-electron chi connectivity index (χ3n) is 3.01. The van der Waals surface area contributed by atoms with Gasteiger partial charge in [-0.25, -0.2) is 13.4 Å². The molecule has 0 amide bonds. The topological polar surface area (TPSA) is 114 Å². The van der Waals surface area contributed by atoms with E-state index in [0.717, 1.165) is 6.26 Å². The Morgan fingerprint density at radius 3 is 2.45 bits per heavy atom. The largest absolute Gasteiger partial charge is 0.373 e. The second-order valence-corrected chi connectivity index (χ2v) is 7.61. The zero-order valence-corrected chi connectivity index (χ0v) is 12.6. The number of hydrogen-bond donors (Lipinski definition) is 2. The summed E-state index contributed by atoms with van der Waals surface area (Å²) in [5.41, 5.74) is -0.201. The molecule has 1 aromatic heterocycles. The van der Waals surface area contributed by atoms with Crippen LogP contribution in [-0.2, 0) is 9.84 Å². The van der Waals surface area contributed by atoms with Crippen LogP contribution in [0.3, 0.4) is 0 Å². The van der Waals surface area contributed by atoms with Crippen LogP contribution >= 0.6 is 0 Å². The summed E-state index contributed by atoms with van der Waals surface area (Å²) in [5, 5.41) is 16.4. The van der Waals surface area contributed by atoms with Crippen molar-refractivity contribution in [2.24, 2.45) is 0 Å². The van der Waals surface area contributed by atoms with Crippen LogP contribution in [0.5, 0.6) is 0 Å². The molecular formula is C11H18N4O4S. The van der Waals surface area contributed by atoms with Crippen molar-refractivity contribution in [3.63, 3.8) is 0 Å². The van der Waals surface area contributed by atoms with Crippen LogP contribution in [0.4, 0.5) is 17.3 Å². The van der Waals surface area contributed by atoms with E-state index in [1.54, 1.807) is 20.9 Å². The van der Waals surface area contributed by atoms with Gasteiger partial charge in [-0.05, 0) is 19.9 Å². The molecule has 0 spiro atoms. The summed E-state index contributed by atoms with van der Waals surface area (Å²) in [5.74, 6) is 0.494. The first-order valence-corrected chi connectivity index (χ1v) is 7.74. The summed E-state index contributed by atoms with van der Waals surface area (Å²) >= 11 is 0. The van der Waals surface area contributed by atoms with Gasteiger partial charge in [0.05, 0.1) is 9.67 Å². The average Bonchev–Trinajstić information content (AvgIpc) is 2.34. The molecule has 8 nitrogen and oxygen atoms in total. The van der Waals surface area contributed by atoms with Crippen molar-refractivity contribution >= 4 is 27.2 Å². The Balaban J connectivity index is 3.05. The van der Waals surface area contributed by atoms with Gasteiger partial charge in [0.15, 0.2) is 9.84 Å². The lowest BCUT2D eigenvalue weighted by Gasteiger charge is -2.23. The van der Waals surface area contributed by atoms with Gasteiger partial charge in [0.25, 0.3) is 0 Å². The van der Waals surface area contributed by atoms with Gasteiger partial charge in [-0.3, -0.25) is 10.1 Å². The highest BCUT2D eigenvalue weighted by Gasteiger charge is 2.31. The minimum atomic E-state index is -3.30. The number of rotatable bonds is 6. The van der Waals surface area contributed by atoms with Crippen molar-refractivity contribution in [2.45, 2.75) is 18.6 Å². The Bertz CT molecular complexity index is 613. The van der Waals surface area contributed by atoms with Gasteiger partial charge in [0.2, 0.25) is 5.82 Å². The van der Waals surface area contributed by atoms with Crippen LogP contribution in [0.25, 0.3) is 0 Å². The molecule has 0 saturated carbocycles. The van der Waals surface area contributed by atoms with E-state index in [-0.39, 0.29) is 18.1 Å². The smallest absolute Gasteiger partial charge is 0.311 e. The van der Waals surface area contributed by atoms with E-state index in [4.69, 9.17) is 0 Å². The summed E-state index contributed by atoms with van der Waals surface area (Å²) in [4.78, 5) is 14.4. The Labute approximate surface area is 117 Å². The lowest BCUT2D eigenvalue weighted by atomic mass is 10.2. The Kier molecular flexibility index (Phi) is 4.53. The first-order chi connectivity index (χ1) is 9.08. The van der Waals surface area contributed by atoms with Gasteiger partial charge >= 0.3 is 5.69 Å². The fourth-order valence-corrected chi connectivity index (χ4v) is 1.63. The van der Waals surface area contributed by atoms with Crippen molar-refractivity contribution in [2.75, 3.05) is 30.5 Å². The number of aromatic nitrogens is 1. The van der Waals surface area contributed by atoms with Crippen molar-refractivity contribution in [3.05, 3.63) is 22.2 Å². The van der Waals surface area contributed by atoms with Gasteiger partial charge in [0.1, 0.15) is 5.82 Å². The number of nitrogens with zero attached hydrogens (tertiary/aromatic N) is 2. The maximum atomic E-state index is 11.6. The normalized spacial score (nSPS) is 12.0. The van der Waals surface area contributed by atoms with E-state index < -0.39 is 19.5 Å². The van der Waals surface area contributed by atoms with Crippen LogP contribution in [0.1, 0.15) is 13.8 Å². The zero-order chi connectivity index (χ0) is 15.6. The predicted octanol–water partition coefficient (Wildman–Crippen LogP) is 1.27. The van der Waals surface area contributed by atoms with Gasteiger partial charge in [0, 0.05) is 25.9 Å². The molecule has 0 atom stereocenters. The maximum absolute atomic E-state index is 11.6. The summed E-state index contributed by atoms with van der Waals surface area (Å²) in [6, 6.07) is 2.79. The Morgan fingerprint density at radius 1 is 1.40 bits per heavy atom. The molecule has 0 aliphatic carbocycles. The van der Waals surface area contributed by atoms with Gasteiger partial charge in [-0.15, -0.1) is 0 Å². The molecule has 0 unspecified atom stereocenters. The first kappa shape index (κ1) is 16.2. The second kappa shape index (κ2) is 5.61. The highest BCUT2D eigenvalue weighted by Crippen LogP contribution is 2.25. The number of anilines is 2. The molecule has 0 fully saturated rings. The van der Waals surface area contributed by atoms with Crippen molar-refractivity contribution in [1.82, 2.24) is 4.98 Å². The molecule has 0 saturated heterocycles. The number of nitrogens with one attached hydrogen (secondary N) is 2. The molecule has 0 bridgehead atoms. The molecule has 1 rings (SSSR count). The van der Waals surface area contributed by atoms with Crippen LogP contribution in [0.2, 0.25) is 0 Å². The molecular weight excluding hydrogens is 284 g/mol. The van der Waals surface area contributed by atoms with E-state index in [1.165, 1.54) is 12.1 Å². The second-order valence-electron chi connectivity index (χ2n) is 4.96. The van der Waals surface area contributed by atoms with E-state index in [2.05, 4.69) is 15.6 Å². The molecule has 0 aliphatic heterocycles. The molecule has 20 heavy (non-hydrogen) atoms. The van der Waals surface area contributed by atoms with Crippen molar-refractivity contribution in [3.8, 4) is 0 Å². The molecule has 9 heteroatoms. The summed E-state index contributed by atoms with van der Waals surface area (Å²) in [6.45, 7) is 3.11. The minimum absolute atomic E-state index is 0.0207. The number of nitro groups is 1. The van der Waals surface area contributed by atoms with Crippen LogP contribution in [-0.4, -0.2) is 42.9 Å². The number of pyridine rings is 1. The predicted molar refractivity (Wildman–Crippen MR) is 77.9 cm³/mol. The Morgan fingerprint density at radius 2 is 2.00 bits per heavy atom. The van der Waals surface area contributed by atoms with E-state index in [1.807, 2.05) is 0 Å². The molecule has 2 N–H and O–H groups in total. The third kappa shape index (κ3) is 3.56. The number of sulfone groups is 1. The van der Waals surface area contributed by atoms with Gasteiger partial charge in [-0.2, -0.15) is 0 Å². The van der Waals surface area contributed by atoms with Gasteiger partial charge in [-0.1, -0.05) is 0 Å². The minimum Gasteiger partial charge on any atom is -0.373 e. The van der Waals surface area contributed by atoms with Crippen LogP contribution < -0.4 is 10.6 Å². The lowest BCUT2D eigenvalue weighted by molar-refractivity contribution is -0.384. The highest BCUT2D eigenvalue weighted by molar-refractivity contribution is 7.92. The number of hydrogen-bond acceptors (Lipinski definition) is 7. The molecule has 0 aliphatic rings. The first-order valence-electron chi connectivity index (χ1n) is 5.85. The van der Waals surface area contributed by atoms with Crippen LogP contribution in [0.15, 0.2) is 12.1 Å². The average molecular weight is 302 g/mol. The van der Waals surface area contributed by atoms with E-state index in [0.29, 0.717) is 5.82 Å². The molecule has 112 valence electrons. The Hall–Kier alpha value is -1.90.